The number of hydrogen-bond donors (Lipinski definition) is 1. The molecule has 0 spiro atoms. The molecule has 0 bridgehead atoms. The van der Waals surface area contributed by atoms with Gasteiger partial charge in [0.1, 0.15) is 0 Å². The minimum Gasteiger partial charge on any atom is -0.348 e. The summed E-state index contributed by atoms with van der Waals surface area (Å²) in [4.78, 5) is 6.99. The Labute approximate surface area is 135 Å². The van der Waals surface area contributed by atoms with Crippen LogP contribution in [0.1, 0.15) is 24.0 Å². The average molecular weight is 339 g/mol. The second kappa shape index (κ2) is 5.79. The van der Waals surface area contributed by atoms with Gasteiger partial charge in [0.05, 0.1) is 15.5 Å². The maximum atomic E-state index is 11.9. The third-order valence-corrected chi connectivity index (χ3v) is 7.51. The van der Waals surface area contributed by atoms with Crippen LogP contribution in [0, 0.1) is 13.8 Å². The summed E-state index contributed by atoms with van der Waals surface area (Å²) in [5.74, 6) is 0. The minimum atomic E-state index is -3.16. The first-order valence-corrected chi connectivity index (χ1v) is 9.82. The molecule has 0 amide bonds. The van der Waals surface area contributed by atoms with Gasteiger partial charge in [-0.25, -0.2) is 18.1 Å². The van der Waals surface area contributed by atoms with Crippen LogP contribution in [-0.4, -0.2) is 38.8 Å². The third-order valence-electron chi connectivity index (χ3n) is 4.51. The average Bonchev–Trinajstić information content (AvgIpc) is 2.96. The fourth-order valence-corrected chi connectivity index (χ4v) is 5.12. The number of benzene rings is 1. The maximum absolute atomic E-state index is 11.9. The summed E-state index contributed by atoms with van der Waals surface area (Å²) in [6.07, 6.45) is 1.30. The number of thiazole rings is 1. The largest absolute Gasteiger partial charge is 0.348 e. The van der Waals surface area contributed by atoms with Gasteiger partial charge in [-0.05, 0) is 50.9 Å². The number of hydrogen-bond acceptors (Lipinski definition) is 5. The number of aryl methyl sites for hydroxylation is 2. The summed E-state index contributed by atoms with van der Waals surface area (Å²) in [5, 5.41) is 0.719. The van der Waals surface area contributed by atoms with E-state index in [0.717, 1.165) is 23.7 Å². The Kier molecular flexibility index (Phi) is 4.13. The zero-order chi connectivity index (χ0) is 15.9. The van der Waals surface area contributed by atoms with Gasteiger partial charge in [-0.3, -0.25) is 0 Å². The van der Waals surface area contributed by atoms with Crippen molar-refractivity contribution >= 4 is 36.7 Å². The van der Waals surface area contributed by atoms with Gasteiger partial charge in [0.2, 0.25) is 10.0 Å². The van der Waals surface area contributed by atoms with Crippen molar-refractivity contribution in [1.82, 2.24) is 9.71 Å². The van der Waals surface area contributed by atoms with Crippen molar-refractivity contribution in [2.75, 3.05) is 25.0 Å². The van der Waals surface area contributed by atoms with Crippen LogP contribution in [0.15, 0.2) is 12.1 Å². The van der Waals surface area contributed by atoms with E-state index in [4.69, 9.17) is 4.98 Å². The van der Waals surface area contributed by atoms with Crippen LogP contribution in [0.5, 0.6) is 0 Å². The molecule has 0 radical (unpaired) electrons. The summed E-state index contributed by atoms with van der Waals surface area (Å²) in [5.41, 5.74) is 3.56. The van der Waals surface area contributed by atoms with Crippen LogP contribution >= 0.6 is 11.3 Å². The summed E-state index contributed by atoms with van der Waals surface area (Å²) in [7, 11) is -1.67. The Balaban J connectivity index is 1.81. The van der Waals surface area contributed by atoms with Gasteiger partial charge < -0.3 is 4.90 Å². The normalized spacial score (nSPS) is 17.3. The van der Waals surface area contributed by atoms with Crippen molar-refractivity contribution in [3.63, 3.8) is 0 Å². The van der Waals surface area contributed by atoms with Crippen molar-refractivity contribution in [3.8, 4) is 0 Å². The van der Waals surface area contributed by atoms with E-state index in [2.05, 4.69) is 35.6 Å². The van der Waals surface area contributed by atoms with E-state index >= 15 is 0 Å². The number of nitrogens with one attached hydrogen (secondary N) is 1. The molecule has 0 saturated carbocycles. The van der Waals surface area contributed by atoms with E-state index in [1.165, 1.54) is 22.9 Å². The third kappa shape index (κ3) is 2.73. The van der Waals surface area contributed by atoms with Crippen molar-refractivity contribution in [3.05, 3.63) is 23.3 Å². The predicted octanol–water partition coefficient (Wildman–Crippen LogP) is 2.43. The fourth-order valence-electron chi connectivity index (χ4n) is 2.87. The van der Waals surface area contributed by atoms with E-state index in [1.807, 2.05) is 0 Å². The Morgan fingerprint density at radius 1 is 1.27 bits per heavy atom. The quantitative estimate of drug-likeness (QED) is 0.933. The number of fused-ring (bicyclic) bond motifs is 1. The van der Waals surface area contributed by atoms with E-state index < -0.39 is 10.0 Å². The van der Waals surface area contributed by atoms with Gasteiger partial charge in [0.15, 0.2) is 5.13 Å². The molecule has 3 rings (SSSR count). The molecule has 2 aromatic rings. The monoisotopic (exact) mass is 339 g/mol. The molecule has 7 heteroatoms. The minimum absolute atomic E-state index is 0.285. The lowest BCUT2D eigenvalue weighted by Crippen LogP contribution is -2.42. The summed E-state index contributed by atoms with van der Waals surface area (Å²) >= 11 is 1.69. The SMILES string of the molecule is CNS(=O)(=O)C1CCN(c2nc3c(C)c(C)ccc3s2)CC1. The molecule has 1 N–H and O–H groups in total. The fraction of sp³-hybridized carbons (Fsp3) is 0.533. The van der Waals surface area contributed by atoms with Gasteiger partial charge >= 0.3 is 0 Å². The highest BCUT2D eigenvalue weighted by Gasteiger charge is 2.29. The van der Waals surface area contributed by atoms with E-state index in [9.17, 15) is 8.42 Å². The van der Waals surface area contributed by atoms with E-state index in [0.29, 0.717) is 12.8 Å². The molecule has 1 aromatic heterocycles. The molecule has 0 atom stereocenters. The lowest BCUT2D eigenvalue weighted by molar-refractivity contribution is 0.523. The summed E-state index contributed by atoms with van der Waals surface area (Å²) in [6.45, 7) is 5.68. The van der Waals surface area contributed by atoms with Crippen molar-refractivity contribution in [1.29, 1.82) is 0 Å². The molecule has 1 aliphatic rings. The zero-order valence-electron chi connectivity index (χ0n) is 13.1. The number of nitrogens with zero attached hydrogens (tertiary/aromatic N) is 2. The smallest absolute Gasteiger partial charge is 0.214 e. The first-order chi connectivity index (χ1) is 10.4. The number of anilines is 1. The van der Waals surface area contributed by atoms with Crippen molar-refractivity contribution < 1.29 is 8.42 Å². The van der Waals surface area contributed by atoms with Crippen LogP contribution in [0.25, 0.3) is 10.2 Å². The second-order valence-electron chi connectivity index (χ2n) is 5.79. The molecule has 120 valence electrons. The zero-order valence-corrected chi connectivity index (χ0v) is 14.7. The number of sulfonamides is 1. The molecule has 1 fully saturated rings. The second-order valence-corrected chi connectivity index (χ2v) is 8.96. The first-order valence-electron chi connectivity index (χ1n) is 7.46. The Hall–Kier alpha value is -1.18. The molecular formula is C15H21N3O2S2. The summed E-state index contributed by atoms with van der Waals surface area (Å²) in [6, 6.07) is 4.25. The van der Waals surface area contributed by atoms with Crippen molar-refractivity contribution in [2.24, 2.45) is 0 Å². The Bertz CT molecular complexity index is 790. The lowest BCUT2D eigenvalue weighted by Gasteiger charge is -2.31. The highest BCUT2D eigenvalue weighted by atomic mass is 32.2. The van der Waals surface area contributed by atoms with Crippen LogP contribution in [0.2, 0.25) is 0 Å². The first kappa shape index (κ1) is 15.7. The van der Waals surface area contributed by atoms with Gasteiger partial charge in [-0.1, -0.05) is 17.4 Å². The molecular weight excluding hydrogens is 318 g/mol. The van der Waals surface area contributed by atoms with Crippen LogP contribution in [0.4, 0.5) is 5.13 Å². The molecule has 0 aliphatic carbocycles. The molecule has 1 saturated heterocycles. The molecule has 2 heterocycles. The standard InChI is InChI=1S/C15H21N3O2S2/c1-10-4-5-13-14(11(10)2)17-15(21-13)18-8-6-12(7-9-18)22(19,20)16-3/h4-5,12,16H,6-9H2,1-3H3. The molecule has 5 nitrogen and oxygen atoms in total. The highest BCUT2D eigenvalue weighted by molar-refractivity contribution is 7.90. The predicted molar refractivity (Wildman–Crippen MR) is 92.3 cm³/mol. The van der Waals surface area contributed by atoms with Crippen molar-refractivity contribution in [2.45, 2.75) is 31.9 Å². The molecule has 0 unspecified atom stereocenters. The van der Waals surface area contributed by atoms with Gasteiger partial charge in [-0.2, -0.15) is 0 Å². The van der Waals surface area contributed by atoms with E-state index in [1.54, 1.807) is 11.3 Å². The Morgan fingerprint density at radius 2 is 1.95 bits per heavy atom. The molecule has 1 aromatic carbocycles. The lowest BCUT2D eigenvalue weighted by atomic mass is 10.1. The number of rotatable bonds is 3. The van der Waals surface area contributed by atoms with Crippen LogP contribution in [-0.2, 0) is 10.0 Å². The van der Waals surface area contributed by atoms with Gasteiger partial charge in [0.25, 0.3) is 0 Å². The number of aromatic nitrogens is 1. The molecule has 1 aliphatic heterocycles. The maximum Gasteiger partial charge on any atom is 0.214 e. The Morgan fingerprint density at radius 3 is 2.59 bits per heavy atom. The van der Waals surface area contributed by atoms with Gasteiger partial charge in [0, 0.05) is 13.1 Å². The van der Waals surface area contributed by atoms with Gasteiger partial charge in [-0.15, -0.1) is 0 Å². The number of piperidine rings is 1. The summed E-state index contributed by atoms with van der Waals surface area (Å²) < 4.78 is 27.4. The molecule has 22 heavy (non-hydrogen) atoms. The highest BCUT2D eigenvalue weighted by Crippen LogP contribution is 2.33. The van der Waals surface area contributed by atoms with Crippen LogP contribution in [0.3, 0.4) is 0 Å². The topological polar surface area (TPSA) is 62.3 Å². The van der Waals surface area contributed by atoms with Crippen LogP contribution < -0.4 is 9.62 Å². The van der Waals surface area contributed by atoms with E-state index in [-0.39, 0.29) is 5.25 Å².